The van der Waals surface area contributed by atoms with Gasteiger partial charge >= 0.3 is 0 Å². The highest BCUT2D eigenvalue weighted by atomic mass is 35.5. The number of rotatable bonds is 5. The number of hydrogen-bond acceptors (Lipinski definition) is 4. The van der Waals surface area contributed by atoms with Crippen molar-refractivity contribution >= 4 is 17.3 Å². The van der Waals surface area contributed by atoms with E-state index in [9.17, 15) is 0 Å². The van der Waals surface area contributed by atoms with Crippen LogP contribution in [0.1, 0.15) is 25.0 Å². The molecule has 0 bridgehead atoms. The summed E-state index contributed by atoms with van der Waals surface area (Å²) in [6.45, 7) is 4.44. The molecule has 0 aliphatic carbocycles. The van der Waals surface area contributed by atoms with E-state index in [-0.39, 0.29) is 6.10 Å². The number of nitrogens with zero attached hydrogens (tertiary/aromatic N) is 2. The quantitative estimate of drug-likeness (QED) is 0.906. The molecule has 1 aromatic carbocycles. The van der Waals surface area contributed by atoms with Crippen LogP contribution in [0, 0.1) is 11.3 Å². The van der Waals surface area contributed by atoms with Crippen LogP contribution in [-0.2, 0) is 6.54 Å². The zero-order valence-corrected chi connectivity index (χ0v) is 12.7. The lowest BCUT2D eigenvalue weighted by molar-refractivity contribution is 0.234. The SMILES string of the molecule is CC(C)Oc1ncccc1NCc1ccc(C#N)cc1Cl. The molecule has 0 saturated heterocycles. The Balaban J connectivity index is 2.12. The molecule has 1 aromatic heterocycles. The Morgan fingerprint density at radius 1 is 1.38 bits per heavy atom. The third-order valence-electron chi connectivity index (χ3n) is 2.77. The number of pyridine rings is 1. The molecule has 21 heavy (non-hydrogen) atoms. The third kappa shape index (κ3) is 4.11. The van der Waals surface area contributed by atoms with Crippen LogP contribution in [0.4, 0.5) is 5.69 Å². The van der Waals surface area contributed by atoms with Crippen molar-refractivity contribution in [2.75, 3.05) is 5.32 Å². The van der Waals surface area contributed by atoms with Crippen molar-refractivity contribution in [3.05, 3.63) is 52.7 Å². The van der Waals surface area contributed by atoms with Crippen molar-refractivity contribution in [3.8, 4) is 11.9 Å². The van der Waals surface area contributed by atoms with E-state index in [1.807, 2.05) is 32.0 Å². The van der Waals surface area contributed by atoms with Crippen LogP contribution in [0.15, 0.2) is 36.5 Å². The molecule has 5 heteroatoms. The molecule has 4 nitrogen and oxygen atoms in total. The third-order valence-corrected chi connectivity index (χ3v) is 3.12. The predicted octanol–water partition coefficient (Wildman–Crippen LogP) is 4.01. The summed E-state index contributed by atoms with van der Waals surface area (Å²) in [4.78, 5) is 4.22. The lowest BCUT2D eigenvalue weighted by Crippen LogP contribution is -2.10. The van der Waals surface area contributed by atoms with Gasteiger partial charge in [0.15, 0.2) is 0 Å². The number of ether oxygens (including phenoxy) is 1. The standard InChI is InChI=1S/C16H16ClN3O/c1-11(2)21-16-15(4-3-7-19-16)20-10-13-6-5-12(9-18)8-14(13)17/h3-8,11,20H,10H2,1-2H3. The lowest BCUT2D eigenvalue weighted by atomic mass is 10.1. The number of halogens is 1. The number of hydrogen-bond donors (Lipinski definition) is 1. The molecule has 0 spiro atoms. The lowest BCUT2D eigenvalue weighted by Gasteiger charge is -2.14. The van der Waals surface area contributed by atoms with Crippen LogP contribution in [0.2, 0.25) is 5.02 Å². The first-order valence-corrected chi connectivity index (χ1v) is 7.02. The van der Waals surface area contributed by atoms with E-state index < -0.39 is 0 Å². The molecule has 1 heterocycles. The van der Waals surface area contributed by atoms with Crippen LogP contribution in [0.25, 0.3) is 0 Å². The zero-order chi connectivity index (χ0) is 15.2. The molecule has 0 aliphatic heterocycles. The molecule has 0 unspecified atom stereocenters. The van der Waals surface area contributed by atoms with Gasteiger partial charge in [-0.1, -0.05) is 17.7 Å². The summed E-state index contributed by atoms with van der Waals surface area (Å²) in [7, 11) is 0. The van der Waals surface area contributed by atoms with Gasteiger partial charge in [-0.3, -0.25) is 0 Å². The molecule has 0 fully saturated rings. The normalized spacial score (nSPS) is 10.2. The minimum Gasteiger partial charge on any atom is -0.473 e. The van der Waals surface area contributed by atoms with Crippen molar-refractivity contribution in [1.29, 1.82) is 5.26 Å². The summed E-state index contributed by atoms with van der Waals surface area (Å²) in [6, 6.07) is 11.1. The highest BCUT2D eigenvalue weighted by Crippen LogP contribution is 2.24. The van der Waals surface area contributed by atoms with Crippen molar-refractivity contribution in [2.24, 2.45) is 0 Å². The fourth-order valence-corrected chi connectivity index (χ4v) is 2.04. The largest absolute Gasteiger partial charge is 0.473 e. The molecule has 2 rings (SSSR count). The minimum absolute atomic E-state index is 0.0546. The van der Waals surface area contributed by atoms with Crippen LogP contribution in [0.3, 0.4) is 0 Å². The van der Waals surface area contributed by atoms with Gasteiger partial charge < -0.3 is 10.1 Å². The summed E-state index contributed by atoms with van der Waals surface area (Å²) in [5, 5.41) is 12.7. The van der Waals surface area contributed by atoms with E-state index in [0.29, 0.717) is 23.0 Å². The molecule has 1 N–H and O–H groups in total. The smallest absolute Gasteiger partial charge is 0.237 e. The average molecular weight is 302 g/mol. The van der Waals surface area contributed by atoms with Crippen LogP contribution in [-0.4, -0.2) is 11.1 Å². The fraction of sp³-hybridized carbons (Fsp3) is 0.250. The van der Waals surface area contributed by atoms with Crippen molar-refractivity contribution in [2.45, 2.75) is 26.5 Å². The molecular weight excluding hydrogens is 286 g/mol. The highest BCUT2D eigenvalue weighted by molar-refractivity contribution is 6.31. The summed E-state index contributed by atoms with van der Waals surface area (Å²) in [5.41, 5.74) is 2.27. The van der Waals surface area contributed by atoms with Gasteiger partial charge in [0.1, 0.15) is 0 Å². The zero-order valence-electron chi connectivity index (χ0n) is 11.9. The van der Waals surface area contributed by atoms with Gasteiger partial charge in [-0.25, -0.2) is 4.98 Å². The van der Waals surface area contributed by atoms with Gasteiger partial charge in [-0.05, 0) is 43.7 Å². The van der Waals surface area contributed by atoms with Crippen molar-refractivity contribution in [3.63, 3.8) is 0 Å². The first kappa shape index (κ1) is 15.1. The Bertz CT molecular complexity index is 665. The van der Waals surface area contributed by atoms with Gasteiger partial charge in [0.05, 0.1) is 23.4 Å². The maximum absolute atomic E-state index is 8.83. The second-order valence-electron chi connectivity index (χ2n) is 4.79. The van der Waals surface area contributed by atoms with E-state index in [0.717, 1.165) is 11.3 Å². The van der Waals surface area contributed by atoms with Gasteiger partial charge in [0.25, 0.3) is 0 Å². The summed E-state index contributed by atoms with van der Waals surface area (Å²) in [6.07, 6.45) is 1.75. The molecule has 0 atom stereocenters. The van der Waals surface area contributed by atoms with Crippen LogP contribution < -0.4 is 10.1 Å². The second-order valence-corrected chi connectivity index (χ2v) is 5.20. The van der Waals surface area contributed by atoms with E-state index in [1.165, 1.54) is 0 Å². The summed E-state index contributed by atoms with van der Waals surface area (Å²) < 4.78 is 5.65. The number of aromatic nitrogens is 1. The average Bonchev–Trinajstić information content (AvgIpc) is 2.46. The topological polar surface area (TPSA) is 57.9 Å². The minimum atomic E-state index is 0.0546. The first-order chi connectivity index (χ1) is 10.1. The molecule has 0 aliphatic rings. The van der Waals surface area contributed by atoms with E-state index in [4.69, 9.17) is 21.6 Å². The molecule has 0 amide bonds. The number of anilines is 1. The fourth-order valence-electron chi connectivity index (χ4n) is 1.79. The Morgan fingerprint density at radius 3 is 2.86 bits per heavy atom. The number of nitrogens with one attached hydrogen (secondary N) is 1. The first-order valence-electron chi connectivity index (χ1n) is 6.64. The van der Waals surface area contributed by atoms with Gasteiger partial charge in [0, 0.05) is 17.8 Å². The van der Waals surface area contributed by atoms with E-state index in [2.05, 4.69) is 16.4 Å². The van der Waals surface area contributed by atoms with Gasteiger partial charge in [0.2, 0.25) is 5.88 Å². The second kappa shape index (κ2) is 6.96. The van der Waals surface area contributed by atoms with Crippen LogP contribution >= 0.6 is 11.6 Å². The van der Waals surface area contributed by atoms with Crippen molar-refractivity contribution < 1.29 is 4.74 Å². The van der Waals surface area contributed by atoms with Gasteiger partial charge in [-0.15, -0.1) is 0 Å². The monoisotopic (exact) mass is 301 g/mol. The van der Waals surface area contributed by atoms with Crippen LogP contribution in [0.5, 0.6) is 5.88 Å². The molecule has 0 radical (unpaired) electrons. The van der Waals surface area contributed by atoms with Crippen molar-refractivity contribution in [1.82, 2.24) is 4.98 Å². The molecule has 108 valence electrons. The summed E-state index contributed by atoms with van der Waals surface area (Å²) >= 11 is 6.16. The van der Waals surface area contributed by atoms with Gasteiger partial charge in [-0.2, -0.15) is 5.26 Å². The maximum atomic E-state index is 8.83. The molecular formula is C16H16ClN3O. The highest BCUT2D eigenvalue weighted by Gasteiger charge is 2.08. The maximum Gasteiger partial charge on any atom is 0.237 e. The Morgan fingerprint density at radius 2 is 2.19 bits per heavy atom. The summed E-state index contributed by atoms with van der Waals surface area (Å²) in [5.74, 6) is 0.567. The molecule has 2 aromatic rings. The predicted molar refractivity (Wildman–Crippen MR) is 83.5 cm³/mol. The Hall–Kier alpha value is -2.25. The van der Waals surface area contributed by atoms with E-state index >= 15 is 0 Å². The Labute approximate surface area is 129 Å². The Kier molecular flexibility index (Phi) is 5.02. The number of benzene rings is 1. The number of nitriles is 1. The molecule has 0 saturated carbocycles. The van der Waals surface area contributed by atoms with E-state index in [1.54, 1.807) is 18.3 Å².